The van der Waals surface area contributed by atoms with Crippen LogP contribution >= 0.6 is 0 Å². The predicted octanol–water partition coefficient (Wildman–Crippen LogP) is 4.99. The van der Waals surface area contributed by atoms with Crippen LogP contribution in [0, 0.1) is 5.92 Å². The van der Waals surface area contributed by atoms with Crippen molar-refractivity contribution in [3.8, 4) is 11.3 Å². The van der Waals surface area contributed by atoms with Crippen molar-refractivity contribution in [2.24, 2.45) is 5.92 Å². The summed E-state index contributed by atoms with van der Waals surface area (Å²) >= 11 is 0. The highest BCUT2D eigenvalue weighted by atomic mass is 15.3. The maximum absolute atomic E-state index is 4.89. The van der Waals surface area contributed by atoms with Gasteiger partial charge in [-0.05, 0) is 24.3 Å². The zero-order valence-electron chi connectivity index (χ0n) is 15.8. The van der Waals surface area contributed by atoms with E-state index in [1.807, 2.05) is 12.1 Å². The molecule has 2 heterocycles. The number of nitrogens with zero attached hydrogens (tertiary/aromatic N) is 3. The Labute approximate surface area is 161 Å². The van der Waals surface area contributed by atoms with E-state index in [-0.39, 0.29) is 0 Å². The van der Waals surface area contributed by atoms with Crippen LogP contribution < -0.4 is 10.2 Å². The SMILES string of the molecule is CC1CCCN(c2nc(NCc3ccccc3)cc(-c3ccccc3)n2)C1. The Balaban J connectivity index is 1.63. The van der Waals surface area contributed by atoms with Crippen molar-refractivity contribution in [3.05, 3.63) is 72.3 Å². The molecule has 3 aromatic rings. The molecule has 4 nitrogen and oxygen atoms in total. The Bertz CT molecular complexity index is 864. The number of anilines is 2. The van der Waals surface area contributed by atoms with Gasteiger partial charge in [-0.3, -0.25) is 0 Å². The summed E-state index contributed by atoms with van der Waals surface area (Å²) in [7, 11) is 0. The van der Waals surface area contributed by atoms with E-state index >= 15 is 0 Å². The molecule has 1 fully saturated rings. The van der Waals surface area contributed by atoms with E-state index in [0.29, 0.717) is 5.92 Å². The fourth-order valence-corrected chi connectivity index (χ4v) is 3.58. The molecule has 1 saturated heterocycles. The normalized spacial score (nSPS) is 16.9. The maximum Gasteiger partial charge on any atom is 0.227 e. The number of hydrogen-bond acceptors (Lipinski definition) is 4. The Hall–Kier alpha value is -2.88. The molecule has 138 valence electrons. The zero-order valence-corrected chi connectivity index (χ0v) is 15.8. The van der Waals surface area contributed by atoms with Crippen LogP contribution in [-0.4, -0.2) is 23.1 Å². The number of nitrogens with one attached hydrogen (secondary N) is 1. The van der Waals surface area contributed by atoms with E-state index in [1.54, 1.807) is 0 Å². The van der Waals surface area contributed by atoms with Crippen molar-refractivity contribution in [1.82, 2.24) is 9.97 Å². The molecule has 0 aliphatic carbocycles. The average Bonchev–Trinajstić information content (AvgIpc) is 2.73. The third-order valence-electron chi connectivity index (χ3n) is 5.04. The lowest BCUT2D eigenvalue weighted by Crippen LogP contribution is -2.35. The van der Waals surface area contributed by atoms with Crippen molar-refractivity contribution >= 4 is 11.8 Å². The highest BCUT2D eigenvalue weighted by Gasteiger charge is 2.20. The maximum atomic E-state index is 4.89. The van der Waals surface area contributed by atoms with E-state index in [4.69, 9.17) is 9.97 Å². The van der Waals surface area contributed by atoms with Crippen LogP contribution in [0.4, 0.5) is 11.8 Å². The molecule has 1 aromatic heterocycles. The Morgan fingerprint density at radius 1 is 1.00 bits per heavy atom. The summed E-state index contributed by atoms with van der Waals surface area (Å²) in [5.41, 5.74) is 3.33. The second kappa shape index (κ2) is 8.21. The molecule has 2 aromatic carbocycles. The summed E-state index contributed by atoms with van der Waals surface area (Å²) in [6.45, 7) is 5.11. The lowest BCUT2D eigenvalue weighted by atomic mass is 10.0. The fraction of sp³-hybridized carbons (Fsp3) is 0.304. The van der Waals surface area contributed by atoms with Crippen LogP contribution in [0.2, 0.25) is 0 Å². The van der Waals surface area contributed by atoms with Crippen molar-refractivity contribution in [3.63, 3.8) is 0 Å². The van der Waals surface area contributed by atoms with Gasteiger partial charge in [-0.25, -0.2) is 4.98 Å². The molecule has 4 rings (SSSR count). The number of piperidine rings is 1. The van der Waals surface area contributed by atoms with Crippen LogP contribution in [-0.2, 0) is 6.54 Å². The fourth-order valence-electron chi connectivity index (χ4n) is 3.58. The van der Waals surface area contributed by atoms with Gasteiger partial charge >= 0.3 is 0 Å². The second-order valence-electron chi connectivity index (χ2n) is 7.34. The lowest BCUT2D eigenvalue weighted by Gasteiger charge is -2.31. The molecule has 1 aliphatic rings. The quantitative estimate of drug-likeness (QED) is 0.697. The van der Waals surface area contributed by atoms with Crippen molar-refractivity contribution in [2.45, 2.75) is 26.3 Å². The van der Waals surface area contributed by atoms with E-state index in [0.717, 1.165) is 42.7 Å². The largest absolute Gasteiger partial charge is 0.366 e. The number of hydrogen-bond donors (Lipinski definition) is 1. The predicted molar refractivity (Wildman–Crippen MR) is 112 cm³/mol. The monoisotopic (exact) mass is 358 g/mol. The molecule has 0 saturated carbocycles. The summed E-state index contributed by atoms with van der Waals surface area (Å²) in [5.74, 6) is 2.39. The van der Waals surface area contributed by atoms with Crippen molar-refractivity contribution in [1.29, 1.82) is 0 Å². The van der Waals surface area contributed by atoms with Gasteiger partial charge < -0.3 is 10.2 Å². The number of benzene rings is 2. The molecular weight excluding hydrogens is 332 g/mol. The van der Waals surface area contributed by atoms with Crippen molar-refractivity contribution < 1.29 is 0 Å². The van der Waals surface area contributed by atoms with Crippen LogP contribution in [0.25, 0.3) is 11.3 Å². The molecule has 1 atom stereocenters. The zero-order chi connectivity index (χ0) is 18.5. The summed E-state index contributed by atoms with van der Waals surface area (Å²) in [5, 5.41) is 3.48. The number of aromatic nitrogens is 2. The highest BCUT2D eigenvalue weighted by Crippen LogP contribution is 2.26. The first-order chi connectivity index (χ1) is 13.3. The molecule has 0 radical (unpaired) electrons. The standard InChI is InChI=1S/C23H26N4/c1-18-9-8-14-27(17-18)23-25-21(20-12-6-3-7-13-20)15-22(26-23)24-16-19-10-4-2-5-11-19/h2-7,10-13,15,18H,8-9,14,16-17H2,1H3,(H,24,25,26). The molecule has 1 N–H and O–H groups in total. The van der Waals surface area contributed by atoms with Gasteiger partial charge in [0.2, 0.25) is 5.95 Å². The molecule has 27 heavy (non-hydrogen) atoms. The van der Waals surface area contributed by atoms with Gasteiger partial charge in [0.25, 0.3) is 0 Å². The van der Waals surface area contributed by atoms with Gasteiger partial charge in [-0.2, -0.15) is 4.98 Å². The second-order valence-corrected chi connectivity index (χ2v) is 7.34. The molecule has 1 aliphatic heterocycles. The molecule has 0 amide bonds. The third-order valence-corrected chi connectivity index (χ3v) is 5.04. The highest BCUT2D eigenvalue weighted by molar-refractivity contribution is 5.64. The van der Waals surface area contributed by atoms with Gasteiger partial charge in [0.15, 0.2) is 0 Å². The van der Waals surface area contributed by atoms with E-state index < -0.39 is 0 Å². The van der Waals surface area contributed by atoms with E-state index in [9.17, 15) is 0 Å². The van der Waals surface area contributed by atoms with Gasteiger partial charge in [0, 0.05) is 31.3 Å². The van der Waals surface area contributed by atoms with Crippen molar-refractivity contribution in [2.75, 3.05) is 23.3 Å². The topological polar surface area (TPSA) is 41.1 Å². The minimum Gasteiger partial charge on any atom is -0.366 e. The molecule has 1 unspecified atom stereocenters. The minimum atomic E-state index is 0.684. The lowest BCUT2D eigenvalue weighted by molar-refractivity contribution is 0.442. The van der Waals surface area contributed by atoms with Gasteiger partial charge in [0.05, 0.1) is 5.69 Å². The first kappa shape index (κ1) is 17.5. The summed E-state index contributed by atoms with van der Waals surface area (Å²) in [6, 6.07) is 22.8. The van der Waals surface area contributed by atoms with Gasteiger partial charge in [-0.1, -0.05) is 67.6 Å². The summed E-state index contributed by atoms with van der Waals surface area (Å²) < 4.78 is 0. The van der Waals surface area contributed by atoms with E-state index in [2.05, 4.69) is 71.7 Å². The smallest absolute Gasteiger partial charge is 0.227 e. The Morgan fingerprint density at radius 2 is 1.74 bits per heavy atom. The molecule has 0 bridgehead atoms. The molecular formula is C23H26N4. The Morgan fingerprint density at radius 3 is 2.48 bits per heavy atom. The first-order valence-corrected chi connectivity index (χ1v) is 9.75. The van der Waals surface area contributed by atoms with E-state index in [1.165, 1.54) is 18.4 Å². The minimum absolute atomic E-state index is 0.684. The molecule has 4 heteroatoms. The van der Waals surface area contributed by atoms with Crippen LogP contribution in [0.15, 0.2) is 66.7 Å². The Kier molecular flexibility index (Phi) is 5.33. The average molecular weight is 358 g/mol. The van der Waals surface area contributed by atoms with Crippen LogP contribution in [0.3, 0.4) is 0 Å². The molecule has 0 spiro atoms. The number of rotatable bonds is 5. The van der Waals surface area contributed by atoms with Gasteiger partial charge in [0.1, 0.15) is 5.82 Å². The summed E-state index contributed by atoms with van der Waals surface area (Å²) in [4.78, 5) is 12.1. The van der Waals surface area contributed by atoms with Crippen LogP contribution in [0.5, 0.6) is 0 Å². The first-order valence-electron chi connectivity index (χ1n) is 9.75. The summed E-state index contributed by atoms with van der Waals surface area (Å²) in [6.07, 6.45) is 2.49. The van der Waals surface area contributed by atoms with Crippen LogP contribution in [0.1, 0.15) is 25.3 Å². The third kappa shape index (κ3) is 4.45. The van der Waals surface area contributed by atoms with Gasteiger partial charge in [-0.15, -0.1) is 0 Å².